The number of carbonyl (C=O) groups is 2. The Morgan fingerprint density at radius 1 is 1.26 bits per heavy atom. The fourth-order valence-electron chi connectivity index (χ4n) is 3.83. The molecule has 35 heavy (non-hydrogen) atoms. The first kappa shape index (κ1) is 23.7. The van der Waals surface area contributed by atoms with E-state index in [4.69, 9.17) is 17.3 Å². The fraction of sp³-hybridized carbons (Fsp3) is 0.182. The zero-order valence-electron chi connectivity index (χ0n) is 18.5. The van der Waals surface area contributed by atoms with Crippen LogP contribution in [0.2, 0.25) is 5.02 Å². The van der Waals surface area contributed by atoms with E-state index in [1.807, 2.05) is 0 Å². The van der Waals surface area contributed by atoms with Crippen LogP contribution in [0.3, 0.4) is 0 Å². The Morgan fingerprint density at radius 2 is 2.00 bits per heavy atom. The summed E-state index contributed by atoms with van der Waals surface area (Å²) >= 11 is 6.49. The summed E-state index contributed by atoms with van der Waals surface area (Å²) in [6.45, 7) is 1.72. The summed E-state index contributed by atoms with van der Waals surface area (Å²) in [5.74, 6) is -2.95. The topological polar surface area (TPSA) is 171 Å². The molecular weight excluding hydrogens is 478 g/mol. The standard InChI is InChI=1S/C22H20ClN7O5/c1-11(17(13-5-3-4-6-14(13)23)30-15(19(24)32)7-8-25-30)20-28-16(18(31)22(34)29(20)2)21(33)27-12-9-26-35-10-12/h3-11,17,31H,1-2H3,(H2,24,32)(H,27,33)/t11-,17-/m0/s1. The molecule has 0 aliphatic rings. The lowest BCUT2D eigenvalue weighted by Gasteiger charge is -2.28. The van der Waals surface area contributed by atoms with E-state index in [9.17, 15) is 19.5 Å². The maximum Gasteiger partial charge on any atom is 0.296 e. The highest BCUT2D eigenvalue weighted by Gasteiger charge is 2.32. The molecule has 0 saturated heterocycles. The molecule has 4 aromatic rings. The van der Waals surface area contributed by atoms with Crippen LogP contribution in [0.5, 0.6) is 5.75 Å². The van der Waals surface area contributed by atoms with Gasteiger partial charge in [-0.15, -0.1) is 0 Å². The molecule has 0 radical (unpaired) electrons. The van der Waals surface area contributed by atoms with Gasteiger partial charge in [0.2, 0.25) is 5.75 Å². The Labute approximate surface area is 202 Å². The van der Waals surface area contributed by atoms with E-state index in [-0.39, 0.29) is 17.2 Å². The molecule has 0 bridgehead atoms. The number of hydrogen-bond donors (Lipinski definition) is 3. The molecule has 13 heteroatoms. The van der Waals surface area contributed by atoms with Crippen molar-refractivity contribution in [2.24, 2.45) is 12.8 Å². The predicted octanol–water partition coefficient (Wildman–Crippen LogP) is 2.07. The van der Waals surface area contributed by atoms with Crippen molar-refractivity contribution in [2.45, 2.75) is 18.9 Å². The van der Waals surface area contributed by atoms with Crippen LogP contribution in [0.4, 0.5) is 5.69 Å². The van der Waals surface area contributed by atoms with Crippen molar-refractivity contribution >= 4 is 29.1 Å². The number of aromatic hydroxyl groups is 1. The summed E-state index contributed by atoms with van der Waals surface area (Å²) < 4.78 is 7.19. The first-order valence-corrected chi connectivity index (χ1v) is 10.7. The van der Waals surface area contributed by atoms with Crippen molar-refractivity contribution in [3.8, 4) is 5.75 Å². The molecule has 3 heterocycles. The van der Waals surface area contributed by atoms with Gasteiger partial charge in [0.1, 0.15) is 23.5 Å². The Bertz CT molecular complexity index is 1460. The zero-order valence-corrected chi connectivity index (χ0v) is 19.3. The first-order valence-electron chi connectivity index (χ1n) is 10.3. The van der Waals surface area contributed by atoms with Gasteiger partial charge >= 0.3 is 0 Å². The Hall–Kier alpha value is -4.45. The summed E-state index contributed by atoms with van der Waals surface area (Å²) in [4.78, 5) is 42.0. The Morgan fingerprint density at radius 3 is 2.66 bits per heavy atom. The molecule has 12 nitrogen and oxygen atoms in total. The third-order valence-electron chi connectivity index (χ3n) is 5.50. The Balaban J connectivity index is 1.88. The van der Waals surface area contributed by atoms with Crippen LogP contribution < -0.4 is 16.6 Å². The van der Waals surface area contributed by atoms with Gasteiger partial charge in [-0.05, 0) is 17.7 Å². The number of aromatic nitrogens is 5. The normalized spacial score (nSPS) is 12.8. The molecule has 4 N–H and O–H groups in total. The third-order valence-corrected chi connectivity index (χ3v) is 5.84. The molecule has 0 saturated carbocycles. The number of anilines is 1. The summed E-state index contributed by atoms with van der Waals surface area (Å²) in [5.41, 5.74) is 5.11. The maximum absolute atomic E-state index is 12.8. The maximum atomic E-state index is 12.8. The van der Waals surface area contributed by atoms with Gasteiger partial charge in [0.25, 0.3) is 17.4 Å². The monoisotopic (exact) mass is 497 g/mol. The third kappa shape index (κ3) is 4.38. The zero-order chi connectivity index (χ0) is 25.3. The van der Waals surface area contributed by atoms with Crippen LogP contribution in [0, 0.1) is 0 Å². The second kappa shape index (κ2) is 9.43. The largest absolute Gasteiger partial charge is 0.501 e. The van der Waals surface area contributed by atoms with E-state index in [2.05, 4.69) is 25.1 Å². The highest BCUT2D eigenvalue weighted by atomic mass is 35.5. The molecule has 2 atom stereocenters. The molecule has 0 aliphatic carbocycles. The van der Waals surface area contributed by atoms with Crippen molar-refractivity contribution in [3.63, 3.8) is 0 Å². The number of carbonyl (C=O) groups excluding carboxylic acids is 2. The number of nitrogens with two attached hydrogens (primary N) is 1. The SMILES string of the molecule is C[C@H](c1nc(C(=O)Nc2cnoc2)c(O)c(=O)n1C)[C@@H](c1ccccc1Cl)n1nccc1C(N)=O. The number of benzene rings is 1. The number of nitrogens with one attached hydrogen (secondary N) is 1. The molecule has 4 rings (SSSR count). The number of rotatable bonds is 7. The van der Waals surface area contributed by atoms with Gasteiger partial charge in [-0.2, -0.15) is 5.10 Å². The molecule has 180 valence electrons. The van der Waals surface area contributed by atoms with Crippen LogP contribution in [-0.4, -0.2) is 41.4 Å². The van der Waals surface area contributed by atoms with Crippen molar-refractivity contribution in [3.05, 3.63) is 87.1 Å². The van der Waals surface area contributed by atoms with Crippen LogP contribution in [0.15, 0.2) is 58.3 Å². The average molecular weight is 498 g/mol. The van der Waals surface area contributed by atoms with Crippen molar-refractivity contribution in [2.75, 3.05) is 5.32 Å². The lowest BCUT2D eigenvalue weighted by Crippen LogP contribution is -2.32. The lowest BCUT2D eigenvalue weighted by atomic mass is 9.93. The minimum atomic E-state index is -0.844. The molecule has 0 spiro atoms. The minimum absolute atomic E-state index is 0.107. The summed E-state index contributed by atoms with van der Waals surface area (Å²) in [7, 11) is 1.41. The predicted molar refractivity (Wildman–Crippen MR) is 124 cm³/mol. The van der Waals surface area contributed by atoms with E-state index >= 15 is 0 Å². The number of primary amides is 1. The van der Waals surface area contributed by atoms with Gasteiger partial charge in [0, 0.05) is 24.2 Å². The summed E-state index contributed by atoms with van der Waals surface area (Å²) in [6.07, 6.45) is 3.84. The van der Waals surface area contributed by atoms with Crippen LogP contribution in [0.1, 0.15) is 51.2 Å². The van der Waals surface area contributed by atoms with Crippen molar-refractivity contribution in [1.29, 1.82) is 0 Å². The molecule has 0 aliphatic heterocycles. The number of nitrogens with zero attached hydrogens (tertiary/aromatic N) is 5. The van der Waals surface area contributed by atoms with E-state index in [0.29, 0.717) is 10.6 Å². The van der Waals surface area contributed by atoms with Gasteiger partial charge in [-0.1, -0.05) is 41.9 Å². The van der Waals surface area contributed by atoms with E-state index < -0.39 is 40.8 Å². The van der Waals surface area contributed by atoms with Crippen LogP contribution in [-0.2, 0) is 7.05 Å². The smallest absolute Gasteiger partial charge is 0.296 e. The van der Waals surface area contributed by atoms with Gasteiger partial charge in [-0.3, -0.25) is 23.6 Å². The van der Waals surface area contributed by atoms with Gasteiger partial charge < -0.3 is 20.7 Å². The quantitative estimate of drug-likeness (QED) is 0.348. The molecular formula is C22H20ClN7O5. The van der Waals surface area contributed by atoms with E-state index in [1.54, 1.807) is 31.2 Å². The summed E-state index contributed by atoms with van der Waals surface area (Å²) in [5, 5.41) is 21.0. The van der Waals surface area contributed by atoms with Gasteiger partial charge in [0.15, 0.2) is 5.69 Å². The Kier molecular flexibility index (Phi) is 6.38. The van der Waals surface area contributed by atoms with Crippen molar-refractivity contribution in [1.82, 2.24) is 24.5 Å². The summed E-state index contributed by atoms with van der Waals surface area (Å²) in [6, 6.07) is 7.62. The molecule has 2 amide bonds. The van der Waals surface area contributed by atoms with Crippen molar-refractivity contribution < 1.29 is 19.2 Å². The number of hydrogen-bond acceptors (Lipinski definition) is 8. The van der Waals surface area contributed by atoms with Crippen LogP contribution in [0.25, 0.3) is 0 Å². The van der Waals surface area contributed by atoms with E-state index in [1.165, 1.54) is 36.5 Å². The fourth-order valence-corrected chi connectivity index (χ4v) is 4.08. The molecule has 1 aromatic carbocycles. The van der Waals surface area contributed by atoms with Crippen LogP contribution >= 0.6 is 11.6 Å². The second-order valence-electron chi connectivity index (χ2n) is 7.68. The number of amides is 2. The second-order valence-corrected chi connectivity index (χ2v) is 8.09. The van der Waals surface area contributed by atoms with E-state index in [0.717, 1.165) is 4.57 Å². The minimum Gasteiger partial charge on any atom is -0.501 e. The molecule has 3 aromatic heterocycles. The molecule has 0 fully saturated rings. The lowest BCUT2D eigenvalue weighted by molar-refractivity contribution is 0.0986. The average Bonchev–Trinajstić information content (AvgIpc) is 3.51. The van der Waals surface area contributed by atoms with Gasteiger partial charge in [0.05, 0.1) is 12.2 Å². The highest BCUT2D eigenvalue weighted by molar-refractivity contribution is 6.31. The first-order chi connectivity index (χ1) is 16.7. The van der Waals surface area contributed by atoms with Gasteiger partial charge in [-0.25, -0.2) is 4.98 Å². The number of halogens is 1. The molecule has 0 unspecified atom stereocenters. The highest BCUT2D eigenvalue weighted by Crippen LogP contribution is 2.37.